The zero-order valence-electron chi connectivity index (χ0n) is 30.3. The number of hydrogen-bond acceptors (Lipinski definition) is 9. The molecule has 1 unspecified atom stereocenters. The summed E-state index contributed by atoms with van der Waals surface area (Å²) in [4.78, 5) is 34.5. The average molecular weight is 703 g/mol. The van der Waals surface area contributed by atoms with Crippen LogP contribution in [0.5, 0.6) is 17.2 Å². The van der Waals surface area contributed by atoms with E-state index in [0.29, 0.717) is 56.3 Å². The Kier molecular flexibility index (Phi) is 15.2. The summed E-state index contributed by atoms with van der Waals surface area (Å²) in [7, 11) is 0. The Balaban J connectivity index is 0.000000172. The van der Waals surface area contributed by atoms with E-state index < -0.39 is 0 Å². The highest BCUT2D eigenvalue weighted by atomic mass is 16.5. The Morgan fingerprint density at radius 1 is 0.510 bits per heavy atom. The number of aromatic hydroxyl groups is 3. The van der Waals surface area contributed by atoms with E-state index in [4.69, 9.17) is 14.2 Å². The van der Waals surface area contributed by atoms with E-state index in [9.17, 15) is 29.7 Å². The molecule has 0 saturated carbocycles. The lowest BCUT2D eigenvalue weighted by Gasteiger charge is -2.24. The minimum absolute atomic E-state index is 0.126. The lowest BCUT2D eigenvalue weighted by atomic mass is 9.81. The van der Waals surface area contributed by atoms with Crippen LogP contribution in [0.4, 0.5) is 0 Å². The Hall–Kier alpha value is -4.53. The topological polar surface area (TPSA) is 140 Å². The molecule has 6 rings (SSSR count). The molecule has 3 aliphatic rings. The van der Waals surface area contributed by atoms with E-state index in [1.54, 1.807) is 18.2 Å². The summed E-state index contributed by atoms with van der Waals surface area (Å²) in [5.74, 6) is 1.28. The first kappa shape index (κ1) is 39.3. The standard InChI is InChI=1S/3C14H18O3/c3*1-2-17-14(16)9-11-5-3-4-10-8-12(15)6-7-13(10)11/h3*6-8,11,15H,2-5,9H2,1H3/t2*11-;/m10./s1. The number of phenols is 3. The second kappa shape index (κ2) is 19.8. The van der Waals surface area contributed by atoms with Crippen molar-refractivity contribution in [2.75, 3.05) is 19.8 Å². The highest BCUT2D eigenvalue weighted by Crippen LogP contribution is 2.38. The molecule has 0 heterocycles. The zero-order valence-corrected chi connectivity index (χ0v) is 30.3. The number of esters is 3. The van der Waals surface area contributed by atoms with Crippen LogP contribution in [0.2, 0.25) is 0 Å². The highest BCUT2D eigenvalue weighted by molar-refractivity contribution is 5.72. The molecule has 0 saturated heterocycles. The second-order valence-corrected chi connectivity index (χ2v) is 13.4. The van der Waals surface area contributed by atoms with Crippen LogP contribution in [0, 0.1) is 0 Å². The molecule has 0 radical (unpaired) electrons. The van der Waals surface area contributed by atoms with Gasteiger partial charge in [-0.1, -0.05) is 18.2 Å². The number of fused-ring (bicyclic) bond motifs is 3. The maximum Gasteiger partial charge on any atom is 0.306 e. The fourth-order valence-electron chi connectivity index (χ4n) is 7.60. The Bertz CT molecular complexity index is 1420. The molecule has 3 aliphatic carbocycles. The quantitative estimate of drug-likeness (QED) is 0.148. The van der Waals surface area contributed by atoms with Gasteiger partial charge in [-0.05, 0) is 166 Å². The first-order chi connectivity index (χ1) is 24.6. The normalized spacial score (nSPS) is 18.5. The molecule has 276 valence electrons. The van der Waals surface area contributed by atoms with Crippen LogP contribution >= 0.6 is 0 Å². The molecule has 0 fully saturated rings. The van der Waals surface area contributed by atoms with E-state index >= 15 is 0 Å². The minimum Gasteiger partial charge on any atom is -0.508 e. The van der Waals surface area contributed by atoms with Gasteiger partial charge in [0.05, 0.1) is 39.1 Å². The molecule has 3 atom stereocenters. The molecule has 0 amide bonds. The van der Waals surface area contributed by atoms with Gasteiger partial charge in [-0.3, -0.25) is 14.4 Å². The van der Waals surface area contributed by atoms with Crippen molar-refractivity contribution in [2.45, 2.75) is 116 Å². The van der Waals surface area contributed by atoms with Crippen LogP contribution in [0.1, 0.15) is 130 Å². The molecule has 3 aromatic carbocycles. The molecule has 0 aliphatic heterocycles. The Morgan fingerprint density at radius 3 is 1.04 bits per heavy atom. The molecular weight excluding hydrogens is 648 g/mol. The third kappa shape index (κ3) is 11.8. The van der Waals surface area contributed by atoms with Crippen molar-refractivity contribution in [3.8, 4) is 17.2 Å². The first-order valence-corrected chi connectivity index (χ1v) is 18.5. The number of ether oxygens (including phenoxy) is 3. The maximum absolute atomic E-state index is 11.5. The Labute approximate surface area is 302 Å². The zero-order chi connectivity index (χ0) is 36.8. The van der Waals surface area contributed by atoms with E-state index in [2.05, 4.69) is 0 Å². The molecule has 0 aromatic heterocycles. The van der Waals surface area contributed by atoms with Crippen molar-refractivity contribution in [1.82, 2.24) is 0 Å². The van der Waals surface area contributed by atoms with Crippen LogP contribution in [-0.4, -0.2) is 53.0 Å². The van der Waals surface area contributed by atoms with Crippen molar-refractivity contribution in [1.29, 1.82) is 0 Å². The summed E-state index contributed by atoms with van der Waals surface area (Å²) in [5.41, 5.74) is 7.10. The van der Waals surface area contributed by atoms with Gasteiger partial charge in [-0.2, -0.15) is 0 Å². The van der Waals surface area contributed by atoms with Crippen LogP contribution in [0.3, 0.4) is 0 Å². The molecule has 9 nitrogen and oxygen atoms in total. The van der Waals surface area contributed by atoms with Crippen LogP contribution in [0.25, 0.3) is 0 Å². The van der Waals surface area contributed by atoms with Crippen molar-refractivity contribution < 1.29 is 43.9 Å². The second-order valence-electron chi connectivity index (χ2n) is 13.4. The predicted octanol–water partition coefficient (Wildman–Crippen LogP) is 8.30. The third-order valence-electron chi connectivity index (χ3n) is 9.85. The van der Waals surface area contributed by atoms with Gasteiger partial charge in [0, 0.05) is 0 Å². The van der Waals surface area contributed by atoms with E-state index in [1.165, 1.54) is 33.4 Å². The molecule has 0 spiro atoms. The lowest BCUT2D eigenvalue weighted by molar-refractivity contribution is -0.144. The number of carbonyl (C=O) groups excluding carboxylic acids is 3. The number of carbonyl (C=O) groups is 3. The predicted molar refractivity (Wildman–Crippen MR) is 195 cm³/mol. The monoisotopic (exact) mass is 702 g/mol. The van der Waals surface area contributed by atoms with Gasteiger partial charge >= 0.3 is 17.9 Å². The van der Waals surface area contributed by atoms with Crippen molar-refractivity contribution in [3.05, 3.63) is 88.0 Å². The number of phenolic OH excluding ortho intramolecular Hbond substituents is 3. The van der Waals surface area contributed by atoms with E-state index in [-0.39, 0.29) is 35.7 Å². The highest BCUT2D eigenvalue weighted by Gasteiger charge is 2.25. The summed E-state index contributed by atoms with van der Waals surface area (Å²) >= 11 is 0. The van der Waals surface area contributed by atoms with Gasteiger partial charge in [0.1, 0.15) is 17.2 Å². The molecule has 51 heavy (non-hydrogen) atoms. The van der Waals surface area contributed by atoms with Gasteiger partial charge in [0.2, 0.25) is 0 Å². The summed E-state index contributed by atoms with van der Waals surface area (Å²) in [6, 6.07) is 16.3. The third-order valence-corrected chi connectivity index (χ3v) is 9.85. The van der Waals surface area contributed by atoms with Gasteiger partial charge in [0.25, 0.3) is 0 Å². The van der Waals surface area contributed by atoms with Gasteiger partial charge in [-0.25, -0.2) is 0 Å². The number of hydrogen-bond donors (Lipinski definition) is 3. The average Bonchev–Trinajstić information content (AvgIpc) is 3.09. The lowest BCUT2D eigenvalue weighted by Crippen LogP contribution is -2.15. The Morgan fingerprint density at radius 2 is 0.784 bits per heavy atom. The van der Waals surface area contributed by atoms with Crippen LogP contribution < -0.4 is 0 Å². The smallest absolute Gasteiger partial charge is 0.306 e. The number of aryl methyl sites for hydroxylation is 3. The number of rotatable bonds is 9. The summed E-state index contributed by atoms with van der Waals surface area (Å²) in [6.07, 6.45) is 10.6. The van der Waals surface area contributed by atoms with E-state index in [1.807, 2.05) is 57.2 Å². The maximum atomic E-state index is 11.5. The van der Waals surface area contributed by atoms with Gasteiger partial charge in [-0.15, -0.1) is 0 Å². The molecule has 9 heteroatoms. The summed E-state index contributed by atoms with van der Waals surface area (Å²) < 4.78 is 15.0. The fourth-order valence-corrected chi connectivity index (χ4v) is 7.60. The van der Waals surface area contributed by atoms with Crippen LogP contribution in [-0.2, 0) is 47.9 Å². The fraction of sp³-hybridized carbons (Fsp3) is 0.500. The minimum atomic E-state index is -0.126. The van der Waals surface area contributed by atoms with Crippen molar-refractivity contribution in [3.63, 3.8) is 0 Å². The number of benzene rings is 3. The molecule has 3 aromatic rings. The molecular formula is C42H54O9. The van der Waals surface area contributed by atoms with Crippen molar-refractivity contribution >= 4 is 17.9 Å². The summed E-state index contributed by atoms with van der Waals surface area (Å²) in [5, 5.41) is 28.3. The van der Waals surface area contributed by atoms with Crippen molar-refractivity contribution in [2.24, 2.45) is 0 Å². The van der Waals surface area contributed by atoms with Gasteiger partial charge < -0.3 is 29.5 Å². The van der Waals surface area contributed by atoms with Gasteiger partial charge in [0.15, 0.2) is 0 Å². The SMILES string of the molecule is CCOC(=O)CC1CCCc2cc(O)ccc21.CCOC(=O)C[C@@H]1CCCc2cc(O)ccc21.CCOC(=O)C[C@H]1CCCc2cc(O)ccc21. The van der Waals surface area contributed by atoms with E-state index in [0.717, 1.165) is 57.8 Å². The summed E-state index contributed by atoms with van der Waals surface area (Å²) in [6.45, 7) is 6.79. The molecule has 0 bridgehead atoms. The molecule has 3 N–H and O–H groups in total. The largest absolute Gasteiger partial charge is 0.508 e. The van der Waals surface area contributed by atoms with Crippen LogP contribution in [0.15, 0.2) is 54.6 Å². The first-order valence-electron chi connectivity index (χ1n) is 18.5.